The Morgan fingerprint density at radius 3 is 2.76 bits per heavy atom. The molecule has 108 valence electrons. The normalized spacial score (nSPS) is 13.8. The van der Waals surface area contributed by atoms with Crippen LogP contribution >= 0.6 is 0 Å². The minimum absolute atomic E-state index is 0.582. The molecule has 6 nitrogen and oxygen atoms in total. The van der Waals surface area contributed by atoms with E-state index in [1.54, 1.807) is 0 Å². The molecule has 21 heavy (non-hydrogen) atoms. The van der Waals surface area contributed by atoms with Gasteiger partial charge in [0, 0.05) is 25.4 Å². The zero-order chi connectivity index (χ0) is 14.4. The SMILES string of the molecule is CCc1nn(C)cc1-c1nc2cc3c(cc2[nH]1)OCCO3. The maximum absolute atomic E-state index is 5.61. The lowest BCUT2D eigenvalue weighted by molar-refractivity contribution is 0.172. The number of aromatic nitrogens is 4. The third kappa shape index (κ3) is 1.94. The van der Waals surface area contributed by atoms with Gasteiger partial charge in [0.05, 0.1) is 22.3 Å². The standard InChI is InChI=1S/C15H16N4O2/c1-3-10-9(8-19(2)18-10)15-16-11-6-13-14(7-12(11)17-15)21-5-4-20-13/h6-8H,3-5H2,1-2H3,(H,16,17). The number of imidazole rings is 1. The summed E-state index contributed by atoms with van der Waals surface area (Å²) in [6, 6.07) is 3.87. The lowest BCUT2D eigenvalue weighted by Crippen LogP contribution is -2.15. The molecule has 2 aromatic heterocycles. The van der Waals surface area contributed by atoms with Crippen LogP contribution in [-0.2, 0) is 13.5 Å². The molecule has 0 unspecified atom stereocenters. The fourth-order valence-corrected chi connectivity index (χ4v) is 2.67. The summed E-state index contributed by atoms with van der Waals surface area (Å²) in [5, 5.41) is 4.46. The maximum Gasteiger partial charge on any atom is 0.163 e. The van der Waals surface area contributed by atoms with Gasteiger partial charge in [-0.2, -0.15) is 5.10 Å². The van der Waals surface area contributed by atoms with Crippen molar-refractivity contribution < 1.29 is 9.47 Å². The number of aromatic amines is 1. The Hall–Kier alpha value is -2.50. The van der Waals surface area contributed by atoms with E-state index in [1.165, 1.54) is 0 Å². The fourth-order valence-electron chi connectivity index (χ4n) is 2.67. The Morgan fingerprint density at radius 1 is 1.24 bits per heavy atom. The predicted octanol–water partition coefficient (Wildman–Crippen LogP) is 2.30. The van der Waals surface area contributed by atoms with Gasteiger partial charge in [-0.05, 0) is 6.42 Å². The van der Waals surface area contributed by atoms with Crippen molar-refractivity contribution >= 4 is 11.0 Å². The molecule has 1 aliphatic heterocycles. The van der Waals surface area contributed by atoms with Gasteiger partial charge in [-0.25, -0.2) is 4.98 Å². The number of ether oxygens (including phenoxy) is 2. The van der Waals surface area contributed by atoms with Gasteiger partial charge < -0.3 is 14.5 Å². The van der Waals surface area contributed by atoms with Crippen molar-refractivity contribution in [2.45, 2.75) is 13.3 Å². The highest BCUT2D eigenvalue weighted by atomic mass is 16.6. The summed E-state index contributed by atoms with van der Waals surface area (Å²) in [5.74, 6) is 2.36. The molecule has 0 bridgehead atoms. The molecule has 0 radical (unpaired) electrons. The maximum atomic E-state index is 5.61. The van der Waals surface area contributed by atoms with Gasteiger partial charge >= 0.3 is 0 Å². The van der Waals surface area contributed by atoms with Crippen LogP contribution in [0.4, 0.5) is 0 Å². The second-order valence-electron chi connectivity index (χ2n) is 5.12. The van der Waals surface area contributed by atoms with Crippen molar-refractivity contribution in [1.29, 1.82) is 0 Å². The number of nitrogens with zero attached hydrogens (tertiary/aromatic N) is 3. The van der Waals surface area contributed by atoms with Crippen LogP contribution in [0.25, 0.3) is 22.4 Å². The van der Waals surface area contributed by atoms with Gasteiger partial charge in [0.2, 0.25) is 0 Å². The Bertz CT molecular complexity index is 776. The van der Waals surface area contributed by atoms with E-state index >= 15 is 0 Å². The summed E-state index contributed by atoms with van der Waals surface area (Å²) in [5.41, 5.74) is 3.89. The number of rotatable bonds is 2. The number of nitrogens with one attached hydrogen (secondary N) is 1. The van der Waals surface area contributed by atoms with Crippen LogP contribution in [0.15, 0.2) is 18.3 Å². The predicted molar refractivity (Wildman–Crippen MR) is 78.7 cm³/mol. The summed E-state index contributed by atoms with van der Waals surface area (Å²) in [7, 11) is 1.92. The molecular formula is C15H16N4O2. The molecule has 0 spiro atoms. The molecule has 0 saturated heterocycles. The second-order valence-corrected chi connectivity index (χ2v) is 5.12. The van der Waals surface area contributed by atoms with Crippen LogP contribution in [0.5, 0.6) is 11.5 Å². The van der Waals surface area contributed by atoms with E-state index in [1.807, 2.05) is 30.1 Å². The third-order valence-electron chi connectivity index (χ3n) is 3.64. The molecule has 0 saturated carbocycles. The summed E-state index contributed by atoms with van der Waals surface area (Å²) in [4.78, 5) is 8.02. The van der Waals surface area contributed by atoms with Crippen LogP contribution in [0, 0.1) is 0 Å². The molecule has 3 aromatic rings. The topological polar surface area (TPSA) is 65.0 Å². The molecule has 0 atom stereocenters. The van der Waals surface area contributed by atoms with Crippen LogP contribution in [0.3, 0.4) is 0 Å². The number of hydrogen-bond acceptors (Lipinski definition) is 4. The average molecular weight is 284 g/mol. The molecule has 0 fully saturated rings. The molecule has 1 aromatic carbocycles. The van der Waals surface area contributed by atoms with Gasteiger partial charge in [0.25, 0.3) is 0 Å². The smallest absolute Gasteiger partial charge is 0.163 e. The summed E-state index contributed by atoms with van der Waals surface area (Å²) >= 11 is 0. The van der Waals surface area contributed by atoms with Gasteiger partial charge in [-0.3, -0.25) is 4.68 Å². The van der Waals surface area contributed by atoms with E-state index in [0.29, 0.717) is 13.2 Å². The molecule has 3 heterocycles. The Kier molecular flexibility index (Phi) is 2.63. The van der Waals surface area contributed by atoms with Crippen molar-refractivity contribution in [2.24, 2.45) is 7.05 Å². The molecule has 1 aliphatic rings. The highest BCUT2D eigenvalue weighted by molar-refractivity contribution is 5.83. The number of aryl methyl sites for hydroxylation is 2. The first-order chi connectivity index (χ1) is 10.2. The van der Waals surface area contributed by atoms with Crippen LogP contribution < -0.4 is 9.47 Å². The van der Waals surface area contributed by atoms with Crippen molar-refractivity contribution in [3.05, 3.63) is 24.0 Å². The van der Waals surface area contributed by atoms with Gasteiger partial charge in [0.1, 0.15) is 19.0 Å². The third-order valence-corrected chi connectivity index (χ3v) is 3.64. The van der Waals surface area contributed by atoms with Gasteiger partial charge in [0.15, 0.2) is 11.5 Å². The Balaban J connectivity index is 1.86. The van der Waals surface area contributed by atoms with Gasteiger partial charge in [-0.15, -0.1) is 0 Å². The number of benzene rings is 1. The van der Waals surface area contributed by atoms with Crippen molar-refractivity contribution in [1.82, 2.24) is 19.7 Å². The van der Waals surface area contributed by atoms with Gasteiger partial charge in [-0.1, -0.05) is 6.92 Å². The zero-order valence-corrected chi connectivity index (χ0v) is 12.0. The highest BCUT2D eigenvalue weighted by Crippen LogP contribution is 2.35. The molecule has 6 heteroatoms. The van der Waals surface area contributed by atoms with Crippen LogP contribution in [0.2, 0.25) is 0 Å². The first-order valence-corrected chi connectivity index (χ1v) is 7.07. The van der Waals surface area contributed by atoms with E-state index in [-0.39, 0.29) is 0 Å². The van der Waals surface area contributed by atoms with E-state index in [4.69, 9.17) is 9.47 Å². The van der Waals surface area contributed by atoms with E-state index < -0.39 is 0 Å². The Labute approximate surface area is 121 Å². The van der Waals surface area contributed by atoms with Crippen LogP contribution in [-0.4, -0.2) is 33.0 Å². The monoisotopic (exact) mass is 284 g/mol. The van der Waals surface area contributed by atoms with E-state index in [2.05, 4.69) is 22.0 Å². The second kappa shape index (κ2) is 4.51. The Morgan fingerprint density at radius 2 is 2.00 bits per heavy atom. The summed E-state index contributed by atoms with van der Waals surface area (Å²) in [6.07, 6.45) is 2.86. The minimum atomic E-state index is 0.582. The molecular weight excluding hydrogens is 268 g/mol. The number of H-pyrrole nitrogens is 1. The van der Waals surface area contributed by atoms with Crippen molar-refractivity contribution in [3.8, 4) is 22.9 Å². The first kappa shape index (κ1) is 12.3. The average Bonchev–Trinajstić information content (AvgIpc) is 3.07. The number of hydrogen-bond donors (Lipinski definition) is 1. The summed E-state index contributed by atoms with van der Waals surface area (Å²) < 4.78 is 13.0. The fraction of sp³-hybridized carbons (Fsp3) is 0.333. The number of fused-ring (bicyclic) bond motifs is 2. The largest absolute Gasteiger partial charge is 0.486 e. The van der Waals surface area contributed by atoms with Crippen molar-refractivity contribution in [2.75, 3.05) is 13.2 Å². The quantitative estimate of drug-likeness (QED) is 0.784. The lowest BCUT2D eigenvalue weighted by Gasteiger charge is -2.17. The molecule has 0 aliphatic carbocycles. The van der Waals surface area contributed by atoms with Crippen molar-refractivity contribution in [3.63, 3.8) is 0 Å². The van der Waals surface area contributed by atoms with E-state index in [9.17, 15) is 0 Å². The molecule has 0 amide bonds. The van der Waals surface area contributed by atoms with E-state index in [0.717, 1.165) is 46.0 Å². The lowest BCUT2D eigenvalue weighted by atomic mass is 10.2. The molecule has 4 rings (SSSR count). The molecule has 1 N–H and O–H groups in total. The zero-order valence-electron chi connectivity index (χ0n) is 12.0. The van der Waals surface area contributed by atoms with Crippen LogP contribution in [0.1, 0.15) is 12.6 Å². The minimum Gasteiger partial charge on any atom is -0.486 e. The summed E-state index contributed by atoms with van der Waals surface area (Å²) in [6.45, 7) is 3.26. The highest BCUT2D eigenvalue weighted by Gasteiger charge is 2.17. The first-order valence-electron chi connectivity index (χ1n) is 7.07.